The lowest BCUT2D eigenvalue weighted by molar-refractivity contribution is -0.147. The van der Waals surface area contributed by atoms with Crippen LogP contribution in [0.3, 0.4) is 0 Å². The average Bonchev–Trinajstić information content (AvgIpc) is 0.761. The van der Waals surface area contributed by atoms with Gasteiger partial charge in [0.15, 0.2) is 17.5 Å². The van der Waals surface area contributed by atoms with E-state index in [1.165, 1.54) is 85.0 Å². The van der Waals surface area contributed by atoms with Gasteiger partial charge in [0.25, 0.3) is 0 Å². The number of esters is 2. The molecular formula is C81H92Cl2N10O21. The first-order valence-corrected chi connectivity index (χ1v) is 37.5. The molecule has 10 rings (SSSR count). The lowest BCUT2D eigenvalue weighted by Gasteiger charge is -2.32. The van der Waals surface area contributed by atoms with Gasteiger partial charge in [-0.2, -0.15) is 0 Å². The maximum atomic E-state index is 16.4. The van der Waals surface area contributed by atoms with Crippen molar-refractivity contribution in [1.82, 2.24) is 47.9 Å². The first kappa shape index (κ1) is 87.5. The van der Waals surface area contributed by atoms with Crippen molar-refractivity contribution in [2.75, 3.05) is 46.1 Å². The van der Waals surface area contributed by atoms with E-state index >= 15 is 24.0 Å². The summed E-state index contributed by atoms with van der Waals surface area (Å²) in [5.74, 6) is -13.7. The van der Waals surface area contributed by atoms with Gasteiger partial charge >= 0.3 is 24.1 Å². The van der Waals surface area contributed by atoms with E-state index in [4.69, 9.17) is 61.1 Å². The predicted molar refractivity (Wildman–Crippen MR) is 420 cm³/mol. The number of halogens is 2. The number of aliphatic hydroxyl groups is 2. The summed E-state index contributed by atoms with van der Waals surface area (Å²) in [7, 11) is 0. The van der Waals surface area contributed by atoms with Gasteiger partial charge in [-0.15, -0.1) is 0 Å². The second-order valence-electron chi connectivity index (χ2n) is 26.6. The fourth-order valence-corrected chi connectivity index (χ4v) is 12.6. The third-order valence-corrected chi connectivity index (χ3v) is 18.2. The van der Waals surface area contributed by atoms with Gasteiger partial charge in [-0.1, -0.05) is 158 Å². The number of carbonyl (C=O) groups excluding carboxylic acids is 11. The van der Waals surface area contributed by atoms with Crippen LogP contribution in [0.1, 0.15) is 137 Å². The van der Waals surface area contributed by atoms with E-state index in [1.807, 2.05) is 0 Å². The summed E-state index contributed by atoms with van der Waals surface area (Å²) < 4.78 is 48.4. The second-order valence-corrected chi connectivity index (χ2v) is 27.4. The molecule has 11 N–H and O–H groups in total. The Hall–Kier alpha value is -12.1. The monoisotopic (exact) mass is 1610 g/mol. The molecule has 11 bridgehead atoms. The molecule has 0 spiro atoms. The normalized spacial score (nSPS) is 18.8. The first-order valence-electron chi connectivity index (χ1n) is 36.7. The van der Waals surface area contributed by atoms with E-state index in [9.17, 15) is 39.0 Å². The van der Waals surface area contributed by atoms with Crippen molar-refractivity contribution in [3.8, 4) is 57.1 Å². The molecule has 5 aliphatic rings. The van der Waals surface area contributed by atoms with Crippen LogP contribution in [0.4, 0.5) is 9.59 Å². The molecule has 0 aliphatic carbocycles. The van der Waals surface area contributed by atoms with Crippen molar-refractivity contribution in [1.29, 1.82) is 0 Å². The molecule has 5 heterocycles. The van der Waals surface area contributed by atoms with Gasteiger partial charge in [-0.05, 0) is 103 Å². The zero-order valence-corrected chi connectivity index (χ0v) is 64.8. The maximum Gasteiger partial charge on any atom is 0.412 e. The third kappa shape index (κ3) is 23.5. The fraction of sp³-hybridized carbons (Fsp3) is 0.358. The second kappa shape index (κ2) is 42.5. The van der Waals surface area contributed by atoms with Gasteiger partial charge < -0.3 is 90.6 Å². The van der Waals surface area contributed by atoms with Gasteiger partial charge in [0.05, 0.1) is 16.5 Å². The number of nitrogens with zero attached hydrogens (tertiary/aromatic N) is 1. The van der Waals surface area contributed by atoms with Crippen LogP contribution in [0.2, 0.25) is 10.0 Å². The first-order chi connectivity index (χ1) is 54.7. The van der Waals surface area contributed by atoms with Gasteiger partial charge in [-0.3, -0.25) is 43.9 Å². The van der Waals surface area contributed by atoms with E-state index in [0.717, 1.165) is 62.6 Å². The minimum Gasteiger partial charge on any atom is -0.489 e. The van der Waals surface area contributed by atoms with Gasteiger partial charge in [0.1, 0.15) is 116 Å². The molecule has 0 saturated carbocycles. The smallest absolute Gasteiger partial charge is 0.412 e. The molecule has 0 aromatic heterocycles. The van der Waals surface area contributed by atoms with Crippen molar-refractivity contribution in [2.45, 2.75) is 134 Å². The lowest BCUT2D eigenvalue weighted by Crippen LogP contribution is -2.58. The van der Waals surface area contributed by atoms with Crippen molar-refractivity contribution in [2.24, 2.45) is 10.9 Å². The fourth-order valence-electron chi connectivity index (χ4n) is 12.2. The quantitative estimate of drug-likeness (QED) is 0.00851. The number of urea groups is 1. The summed E-state index contributed by atoms with van der Waals surface area (Å²) in [6, 6.07) is 0.884. The Kier molecular flexibility index (Phi) is 32.7. The van der Waals surface area contributed by atoms with Crippen LogP contribution in [0, 0.1) is 5.92 Å². The number of amides is 10. The molecule has 1 unspecified atom stereocenters. The molecule has 5 aliphatic heterocycles. The van der Waals surface area contributed by atoms with Crippen LogP contribution in [0.15, 0.2) is 147 Å². The number of hydrogen-bond donors (Lipinski definition) is 11. The highest BCUT2D eigenvalue weighted by Gasteiger charge is 2.43. The standard InChI is InChI=1S/C81H92Cl2N10O21/c1-10-17-18-19-20-21-28-85-80(105)88-62(94)42-55-74(99)89-66-48-38-60(112-57-26-23-46(36-52(57)82)70(96)68(77(102)87-55)92-73(98)54(34-44(8)9)86-43-63(95)110-32-14-5)72(114-81(106)84-16-7)61(39-48)113-58-27-24-47(37-53(58)83)71(97)69-78(103)91-67(79(104)111-33-15-6)51-40-49(107-29-11-2)41-59(109-31-13-4)64(51)50-35-45(22-25-56(50)108-30-12-3)65(75(100)93-69)90-76(66)101/h11-15,22-27,35-41,43-44,54-55,65-71,96-97H,2-6,10,16-21,28-34,42H2,1,7-9H3,(H,84,106)(H,87,102)(H,89,99)(H,90,101)(H,91,103)(H,92,98)(H,93,100)(H2,85,88,94,105)/t54?,55-,65+,66+,67-,68+,69-,70+,71+/m0/s1. The zero-order valence-electron chi connectivity index (χ0n) is 63.2. The van der Waals surface area contributed by atoms with Crippen LogP contribution in [0.25, 0.3) is 11.1 Å². The minimum atomic E-state index is -2.31. The summed E-state index contributed by atoms with van der Waals surface area (Å²) in [4.78, 5) is 168. The molecule has 9 atom stereocenters. The maximum absolute atomic E-state index is 16.4. The number of carbonyl (C=O) groups is 11. The van der Waals surface area contributed by atoms with E-state index < -0.39 is 156 Å². The highest BCUT2D eigenvalue weighted by molar-refractivity contribution is 6.32. The van der Waals surface area contributed by atoms with Crippen LogP contribution < -0.4 is 76.3 Å². The average molecular weight is 1610 g/mol. The van der Waals surface area contributed by atoms with Crippen LogP contribution >= 0.6 is 23.2 Å². The molecule has 31 nitrogen and oxygen atoms in total. The summed E-state index contributed by atoms with van der Waals surface area (Å²) in [5, 5.41) is 47.2. The molecule has 114 heavy (non-hydrogen) atoms. The van der Waals surface area contributed by atoms with Gasteiger partial charge in [0.2, 0.25) is 47.1 Å². The van der Waals surface area contributed by atoms with Crippen LogP contribution in [-0.4, -0.2) is 152 Å². The van der Waals surface area contributed by atoms with E-state index in [2.05, 4.69) is 92.7 Å². The highest BCUT2D eigenvalue weighted by Crippen LogP contribution is 2.49. The van der Waals surface area contributed by atoms with Crippen molar-refractivity contribution in [3.05, 3.63) is 180 Å². The van der Waals surface area contributed by atoms with Crippen LogP contribution in [-0.2, 0) is 52.6 Å². The van der Waals surface area contributed by atoms with Gasteiger partial charge in [-0.25, -0.2) is 19.2 Å². The van der Waals surface area contributed by atoms with E-state index in [-0.39, 0.29) is 124 Å². The number of imide groups is 1. The Morgan fingerprint density at radius 2 is 1.18 bits per heavy atom. The summed E-state index contributed by atoms with van der Waals surface area (Å²) in [6.07, 6.45) is 6.05. The summed E-state index contributed by atoms with van der Waals surface area (Å²) in [5.41, 5.74) is -1.05. The largest absolute Gasteiger partial charge is 0.489 e. The number of rotatable bonds is 31. The van der Waals surface area contributed by atoms with E-state index in [1.54, 1.807) is 20.8 Å². The number of ether oxygens (including phenoxy) is 8. The predicted octanol–water partition coefficient (Wildman–Crippen LogP) is 9.30. The number of fused-ring (bicyclic) bond motifs is 15. The Morgan fingerprint density at radius 3 is 1.82 bits per heavy atom. The molecule has 0 saturated heterocycles. The molecule has 10 amide bonds. The van der Waals surface area contributed by atoms with E-state index in [0.29, 0.717) is 6.42 Å². The number of aliphatic imine (C=N–C) groups is 1. The molecule has 33 heteroatoms. The number of hydrogen-bond acceptors (Lipinski definition) is 22. The Balaban J connectivity index is 1.42. The Bertz CT molecular complexity index is 4490. The minimum absolute atomic E-state index is 0.00574. The number of nitrogens with one attached hydrogen (secondary N) is 9. The highest BCUT2D eigenvalue weighted by atomic mass is 35.5. The molecule has 606 valence electrons. The number of aliphatic hydroxyl groups excluding tert-OH is 2. The molecular weight excluding hydrogens is 1520 g/mol. The third-order valence-electron chi connectivity index (χ3n) is 17.6. The lowest BCUT2D eigenvalue weighted by atomic mass is 9.89. The zero-order chi connectivity index (χ0) is 82.7. The molecule has 0 fully saturated rings. The van der Waals surface area contributed by atoms with Crippen molar-refractivity contribution >= 4 is 94.8 Å². The SMILES string of the molecule is C=CCOC(=O)C=NC(CC(C)C)C(=O)N[C@H]1C(=O)N[C@@H](CC(=O)NC(=O)NCCCCCCCC)C(=O)N[C@H]2C(=O)N[C@H]3C(=O)N[C@H](C(=O)N[C@H](C(=O)OCC=C)c4cc(OCC=C)cc(OCC=C)c4-c4cc3ccc4OCC=C)[C@H](O)c3ccc(c(Cl)c3)Oc3cc2cc(c3OC(=O)NCC)Oc2ccc(cc2Cl)[C@H]1O. The van der Waals surface area contributed by atoms with Crippen molar-refractivity contribution in [3.63, 3.8) is 0 Å². The van der Waals surface area contributed by atoms with Gasteiger partial charge in [0, 0.05) is 35.8 Å². The topological polar surface area (TPSA) is 423 Å². The number of unbranched alkanes of at least 4 members (excludes halogenated alkanes) is 5. The Morgan fingerprint density at radius 1 is 0.596 bits per heavy atom. The molecule has 5 aromatic rings. The van der Waals surface area contributed by atoms with Crippen LogP contribution in [0.5, 0.6) is 46.0 Å². The molecule has 0 radical (unpaired) electrons. The number of benzene rings is 5. The Labute approximate surface area is 668 Å². The summed E-state index contributed by atoms with van der Waals surface area (Å²) >= 11 is 14.2. The van der Waals surface area contributed by atoms with Crippen molar-refractivity contribution < 1.29 is 101 Å². The summed E-state index contributed by atoms with van der Waals surface area (Å²) in [6.45, 7) is 24.7. The molecule has 5 aromatic carbocycles.